The van der Waals surface area contributed by atoms with Gasteiger partial charge in [-0.15, -0.1) is 0 Å². The van der Waals surface area contributed by atoms with Gasteiger partial charge < -0.3 is 10.6 Å². The van der Waals surface area contributed by atoms with Crippen LogP contribution in [0.4, 0.5) is 10.5 Å². The van der Waals surface area contributed by atoms with Crippen LogP contribution in [-0.4, -0.2) is 35.8 Å². The number of amides is 4. The Bertz CT molecular complexity index is 927. The largest absolute Gasteiger partial charge is 0.338 e. The van der Waals surface area contributed by atoms with Crippen molar-refractivity contribution in [2.24, 2.45) is 0 Å². The van der Waals surface area contributed by atoms with Gasteiger partial charge >= 0.3 is 6.03 Å². The first kappa shape index (κ1) is 20.1. The fraction of sp³-hybridized carbons (Fsp3) is 0.286. The van der Waals surface area contributed by atoms with E-state index in [9.17, 15) is 14.4 Å². The number of carbonyl (C=O) groups excluding carboxylic acids is 3. The Morgan fingerprint density at radius 3 is 2.54 bits per heavy atom. The van der Waals surface area contributed by atoms with Crippen LogP contribution in [0.15, 0.2) is 46.9 Å². The molecular formula is C21H22BrN3O3. The molecule has 0 radical (unpaired) electrons. The number of anilines is 1. The van der Waals surface area contributed by atoms with Gasteiger partial charge in [0.05, 0.1) is 11.1 Å². The van der Waals surface area contributed by atoms with E-state index in [2.05, 4.69) is 40.4 Å². The Kier molecular flexibility index (Phi) is 6.14. The molecule has 0 bridgehead atoms. The van der Waals surface area contributed by atoms with Crippen molar-refractivity contribution in [3.8, 4) is 0 Å². The zero-order valence-electron chi connectivity index (χ0n) is 15.8. The zero-order valence-corrected chi connectivity index (χ0v) is 17.4. The van der Waals surface area contributed by atoms with Crippen LogP contribution in [0.1, 0.15) is 52.5 Å². The molecule has 0 unspecified atom stereocenters. The molecule has 2 aromatic rings. The minimum Gasteiger partial charge on any atom is -0.338 e. The number of nitrogens with zero attached hydrogens (tertiary/aromatic N) is 1. The average molecular weight is 444 g/mol. The van der Waals surface area contributed by atoms with Gasteiger partial charge in [0.15, 0.2) is 0 Å². The summed E-state index contributed by atoms with van der Waals surface area (Å²) in [5.74, 6) is -0.287. The molecule has 146 valence electrons. The summed E-state index contributed by atoms with van der Waals surface area (Å²) in [5, 5.41) is 5.63. The standard InChI is InChI=1S/C21H22BrN3O3/c1-13(2)15-6-3-4-7-18(15)24-21(28)23-10-5-11-25-19(26)16-9-8-14(22)12-17(16)20(25)27/h3-4,6-9,12-13H,5,10-11H2,1-2H3,(H2,23,24,28). The van der Waals surface area contributed by atoms with Crippen molar-refractivity contribution >= 4 is 39.5 Å². The predicted molar refractivity (Wildman–Crippen MR) is 112 cm³/mol. The molecule has 1 aliphatic rings. The van der Waals surface area contributed by atoms with Crippen LogP contribution in [-0.2, 0) is 0 Å². The number of nitrogens with one attached hydrogen (secondary N) is 2. The SMILES string of the molecule is CC(C)c1ccccc1NC(=O)NCCCN1C(=O)c2ccc(Br)cc2C1=O. The van der Waals surface area contributed by atoms with Crippen molar-refractivity contribution in [2.75, 3.05) is 18.4 Å². The van der Waals surface area contributed by atoms with E-state index in [0.717, 1.165) is 15.7 Å². The van der Waals surface area contributed by atoms with Crippen LogP contribution in [0.25, 0.3) is 0 Å². The molecule has 0 saturated carbocycles. The lowest BCUT2D eigenvalue weighted by atomic mass is 10.0. The third-order valence-corrected chi connectivity index (χ3v) is 5.10. The number of benzene rings is 2. The van der Waals surface area contributed by atoms with E-state index in [-0.39, 0.29) is 24.4 Å². The van der Waals surface area contributed by atoms with Crippen LogP contribution in [0.5, 0.6) is 0 Å². The highest BCUT2D eigenvalue weighted by atomic mass is 79.9. The highest BCUT2D eigenvalue weighted by molar-refractivity contribution is 9.10. The minimum absolute atomic E-state index is 0.257. The maximum atomic E-state index is 12.4. The molecule has 0 fully saturated rings. The average Bonchev–Trinajstić information content (AvgIpc) is 2.89. The van der Waals surface area contributed by atoms with Crippen LogP contribution >= 0.6 is 15.9 Å². The molecule has 1 heterocycles. The van der Waals surface area contributed by atoms with Crippen molar-refractivity contribution in [3.63, 3.8) is 0 Å². The Balaban J connectivity index is 1.50. The van der Waals surface area contributed by atoms with E-state index >= 15 is 0 Å². The van der Waals surface area contributed by atoms with E-state index in [0.29, 0.717) is 30.0 Å². The summed E-state index contributed by atoms with van der Waals surface area (Å²) in [5.41, 5.74) is 2.68. The molecular weight excluding hydrogens is 422 g/mol. The predicted octanol–water partition coefficient (Wildman–Crippen LogP) is 4.38. The Labute approximate surface area is 172 Å². The molecule has 0 saturated heterocycles. The summed E-state index contributed by atoms with van der Waals surface area (Å²) in [6.07, 6.45) is 0.478. The van der Waals surface area contributed by atoms with Crippen LogP contribution in [0, 0.1) is 0 Å². The molecule has 2 N–H and O–H groups in total. The molecule has 0 atom stereocenters. The summed E-state index contributed by atoms with van der Waals surface area (Å²) >= 11 is 3.32. The molecule has 2 aromatic carbocycles. The lowest BCUT2D eigenvalue weighted by Crippen LogP contribution is -2.35. The van der Waals surface area contributed by atoms with Gasteiger partial charge in [0.2, 0.25) is 0 Å². The Hall–Kier alpha value is -2.67. The number of imide groups is 1. The van der Waals surface area contributed by atoms with Gasteiger partial charge in [-0.2, -0.15) is 0 Å². The van der Waals surface area contributed by atoms with Gasteiger partial charge in [0.1, 0.15) is 0 Å². The summed E-state index contributed by atoms with van der Waals surface area (Å²) in [4.78, 5) is 38.2. The van der Waals surface area contributed by atoms with Gasteiger partial charge in [-0.1, -0.05) is 48.0 Å². The fourth-order valence-electron chi connectivity index (χ4n) is 3.19. The number of hydrogen-bond donors (Lipinski definition) is 2. The normalized spacial score (nSPS) is 13.1. The minimum atomic E-state index is -0.306. The molecule has 1 aliphatic heterocycles. The van der Waals surface area contributed by atoms with E-state index in [1.54, 1.807) is 18.2 Å². The topological polar surface area (TPSA) is 78.5 Å². The monoisotopic (exact) mass is 443 g/mol. The first-order chi connectivity index (χ1) is 13.4. The molecule has 6 nitrogen and oxygen atoms in total. The highest BCUT2D eigenvalue weighted by Gasteiger charge is 2.34. The maximum absolute atomic E-state index is 12.4. The molecule has 0 aliphatic carbocycles. The second-order valence-corrected chi connectivity index (χ2v) is 7.84. The van der Waals surface area contributed by atoms with Gasteiger partial charge in [-0.3, -0.25) is 14.5 Å². The summed E-state index contributed by atoms with van der Waals surface area (Å²) in [6.45, 7) is 4.75. The third kappa shape index (κ3) is 4.25. The molecule has 0 spiro atoms. The van der Waals surface area contributed by atoms with Crippen molar-refractivity contribution in [3.05, 3.63) is 63.6 Å². The van der Waals surface area contributed by atoms with Gasteiger partial charge in [0, 0.05) is 23.2 Å². The lowest BCUT2D eigenvalue weighted by molar-refractivity contribution is 0.0653. The quantitative estimate of drug-likeness (QED) is 0.513. The van der Waals surface area contributed by atoms with Crippen LogP contribution in [0.3, 0.4) is 0 Å². The van der Waals surface area contributed by atoms with Gasteiger partial charge in [0.25, 0.3) is 11.8 Å². The molecule has 28 heavy (non-hydrogen) atoms. The Morgan fingerprint density at radius 1 is 1.07 bits per heavy atom. The van der Waals surface area contributed by atoms with Crippen molar-refractivity contribution in [1.29, 1.82) is 0 Å². The fourth-order valence-corrected chi connectivity index (χ4v) is 3.55. The van der Waals surface area contributed by atoms with E-state index in [1.807, 2.05) is 24.3 Å². The number of para-hydroxylation sites is 1. The number of urea groups is 1. The molecule has 4 amide bonds. The molecule has 3 rings (SSSR count). The number of hydrogen-bond acceptors (Lipinski definition) is 3. The van der Waals surface area contributed by atoms with Crippen LogP contribution < -0.4 is 10.6 Å². The van der Waals surface area contributed by atoms with Crippen molar-refractivity contribution in [2.45, 2.75) is 26.2 Å². The van der Waals surface area contributed by atoms with Gasteiger partial charge in [-0.25, -0.2) is 4.79 Å². The molecule has 0 aromatic heterocycles. The maximum Gasteiger partial charge on any atom is 0.319 e. The smallest absolute Gasteiger partial charge is 0.319 e. The van der Waals surface area contributed by atoms with E-state index < -0.39 is 0 Å². The first-order valence-electron chi connectivity index (χ1n) is 9.18. The number of fused-ring (bicyclic) bond motifs is 1. The Morgan fingerprint density at radius 2 is 1.79 bits per heavy atom. The van der Waals surface area contributed by atoms with Crippen molar-refractivity contribution < 1.29 is 14.4 Å². The van der Waals surface area contributed by atoms with E-state index in [1.165, 1.54) is 4.90 Å². The summed E-state index contributed by atoms with van der Waals surface area (Å²) < 4.78 is 0.759. The van der Waals surface area contributed by atoms with Crippen molar-refractivity contribution in [1.82, 2.24) is 10.2 Å². The number of halogens is 1. The zero-order chi connectivity index (χ0) is 20.3. The first-order valence-corrected chi connectivity index (χ1v) is 9.97. The number of rotatable bonds is 6. The second-order valence-electron chi connectivity index (χ2n) is 6.93. The highest BCUT2D eigenvalue weighted by Crippen LogP contribution is 2.26. The summed E-state index contributed by atoms with van der Waals surface area (Å²) in [6, 6.07) is 12.4. The second kappa shape index (κ2) is 8.56. The third-order valence-electron chi connectivity index (χ3n) is 4.61. The molecule has 7 heteroatoms. The van der Waals surface area contributed by atoms with Gasteiger partial charge in [-0.05, 0) is 42.2 Å². The van der Waals surface area contributed by atoms with Crippen LogP contribution in [0.2, 0.25) is 0 Å². The lowest BCUT2D eigenvalue weighted by Gasteiger charge is -2.15. The summed E-state index contributed by atoms with van der Waals surface area (Å²) in [7, 11) is 0. The number of carbonyl (C=O) groups is 3. The van der Waals surface area contributed by atoms with E-state index in [4.69, 9.17) is 0 Å².